The molecule has 3 nitrogen and oxygen atoms in total. The van der Waals surface area contributed by atoms with Crippen LogP contribution in [-0.4, -0.2) is 10.2 Å². The van der Waals surface area contributed by atoms with Gasteiger partial charge in [0.2, 0.25) is 0 Å². The minimum absolute atomic E-state index is 0.448. The number of aromatic nitrogens is 2. The van der Waals surface area contributed by atoms with Gasteiger partial charge in [0.05, 0.1) is 17.8 Å². The molecule has 5 atom stereocenters. The van der Waals surface area contributed by atoms with Gasteiger partial charge in [-0.1, -0.05) is 30.3 Å². The van der Waals surface area contributed by atoms with E-state index in [1.165, 1.54) is 47.0 Å². The number of fused-ring (bicyclic) bond motifs is 9. The van der Waals surface area contributed by atoms with E-state index >= 15 is 0 Å². The fourth-order valence-corrected chi connectivity index (χ4v) is 6.00. The van der Waals surface area contributed by atoms with E-state index in [-0.39, 0.29) is 0 Å². The molecule has 0 saturated heterocycles. The summed E-state index contributed by atoms with van der Waals surface area (Å²) in [5, 5.41) is 12.7. The first kappa shape index (κ1) is 13.1. The number of nitrogens with one attached hydrogen (secondary N) is 2. The van der Waals surface area contributed by atoms with Crippen molar-refractivity contribution in [3.05, 3.63) is 59.8 Å². The molecular weight excluding hydrogens is 294 g/mol. The summed E-state index contributed by atoms with van der Waals surface area (Å²) in [5.41, 5.74) is 5.48. The van der Waals surface area contributed by atoms with Gasteiger partial charge in [0.25, 0.3) is 0 Å². The number of anilines is 1. The molecule has 2 fully saturated rings. The quantitative estimate of drug-likeness (QED) is 0.673. The lowest BCUT2D eigenvalue weighted by molar-refractivity contribution is 0.249. The molecule has 120 valence electrons. The molecule has 24 heavy (non-hydrogen) atoms. The molecule has 6 rings (SSSR count). The molecule has 2 bridgehead atoms. The molecule has 1 aliphatic heterocycles. The lowest BCUT2D eigenvalue weighted by Crippen LogP contribution is -2.35. The van der Waals surface area contributed by atoms with Crippen molar-refractivity contribution in [3.63, 3.8) is 0 Å². The first-order chi connectivity index (χ1) is 11.9. The van der Waals surface area contributed by atoms with Gasteiger partial charge in [0.15, 0.2) is 0 Å². The molecule has 0 amide bonds. The smallest absolute Gasteiger partial charge is 0.0654 e. The second kappa shape index (κ2) is 4.62. The number of aromatic amines is 1. The molecule has 1 aromatic heterocycles. The van der Waals surface area contributed by atoms with Crippen molar-refractivity contribution in [2.24, 2.45) is 17.8 Å². The second-order valence-corrected chi connectivity index (χ2v) is 7.83. The number of hydrogen-bond donors (Lipinski definition) is 2. The highest BCUT2D eigenvalue weighted by Gasteiger charge is 2.54. The van der Waals surface area contributed by atoms with E-state index in [0.29, 0.717) is 12.0 Å². The summed E-state index contributed by atoms with van der Waals surface area (Å²) >= 11 is 0. The molecule has 0 radical (unpaired) electrons. The Morgan fingerprint density at radius 3 is 2.75 bits per heavy atom. The maximum absolute atomic E-state index is 4.31. The zero-order valence-corrected chi connectivity index (χ0v) is 13.6. The Balaban J connectivity index is 1.58. The van der Waals surface area contributed by atoms with E-state index in [9.17, 15) is 0 Å². The Morgan fingerprint density at radius 1 is 0.958 bits per heavy atom. The van der Waals surface area contributed by atoms with Crippen LogP contribution in [0.4, 0.5) is 5.69 Å². The molecule has 0 spiro atoms. The Morgan fingerprint density at radius 2 is 1.83 bits per heavy atom. The van der Waals surface area contributed by atoms with Gasteiger partial charge in [0.1, 0.15) is 0 Å². The van der Waals surface area contributed by atoms with E-state index < -0.39 is 0 Å². The molecule has 2 heterocycles. The molecule has 2 unspecified atom stereocenters. The van der Waals surface area contributed by atoms with Crippen LogP contribution in [0.3, 0.4) is 0 Å². The Labute approximate surface area is 141 Å². The van der Waals surface area contributed by atoms with Gasteiger partial charge in [-0.15, -0.1) is 0 Å². The zero-order valence-electron chi connectivity index (χ0n) is 13.6. The first-order valence-corrected chi connectivity index (χ1v) is 9.17. The van der Waals surface area contributed by atoms with Gasteiger partial charge in [-0.05, 0) is 66.2 Å². The van der Waals surface area contributed by atoms with Crippen LogP contribution >= 0.6 is 0 Å². The maximum atomic E-state index is 4.31. The summed E-state index contributed by atoms with van der Waals surface area (Å²) in [4.78, 5) is 0. The highest BCUT2D eigenvalue weighted by atomic mass is 15.1. The van der Waals surface area contributed by atoms with E-state index in [2.05, 4.69) is 58.0 Å². The zero-order chi connectivity index (χ0) is 15.7. The fraction of sp³-hybridized carbons (Fsp3) is 0.381. The molecular formula is C21H21N3. The molecule has 3 aliphatic rings. The van der Waals surface area contributed by atoms with E-state index in [0.717, 1.165) is 17.8 Å². The van der Waals surface area contributed by atoms with Crippen LogP contribution in [0, 0.1) is 17.8 Å². The van der Waals surface area contributed by atoms with Crippen molar-refractivity contribution in [2.45, 2.75) is 31.2 Å². The average molecular weight is 315 g/mol. The van der Waals surface area contributed by atoms with Crippen molar-refractivity contribution in [3.8, 4) is 0 Å². The van der Waals surface area contributed by atoms with Crippen molar-refractivity contribution in [2.75, 3.05) is 5.32 Å². The highest BCUT2D eigenvalue weighted by molar-refractivity contribution is 5.88. The number of H-pyrrole nitrogens is 1. The van der Waals surface area contributed by atoms with Gasteiger partial charge < -0.3 is 5.32 Å². The lowest BCUT2D eigenvalue weighted by atomic mass is 9.67. The molecule has 2 N–H and O–H groups in total. The number of hydrogen-bond acceptors (Lipinski definition) is 2. The highest BCUT2D eigenvalue weighted by Crippen LogP contribution is 2.64. The first-order valence-electron chi connectivity index (χ1n) is 9.17. The Bertz CT molecular complexity index is 913. The molecule has 2 saturated carbocycles. The minimum Gasteiger partial charge on any atom is -0.378 e. The minimum atomic E-state index is 0.448. The predicted octanol–water partition coefficient (Wildman–Crippen LogP) is 4.86. The van der Waals surface area contributed by atoms with Gasteiger partial charge in [-0.2, -0.15) is 5.10 Å². The second-order valence-electron chi connectivity index (χ2n) is 7.83. The Kier molecular flexibility index (Phi) is 2.51. The summed E-state index contributed by atoms with van der Waals surface area (Å²) in [6, 6.07) is 15.9. The van der Waals surface area contributed by atoms with Crippen molar-refractivity contribution >= 4 is 16.6 Å². The molecule has 2 aliphatic carbocycles. The molecule has 3 aromatic rings. The third-order valence-electron chi connectivity index (χ3n) is 6.83. The summed E-state index contributed by atoms with van der Waals surface area (Å²) in [6.45, 7) is 0. The third-order valence-corrected chi connectivity index (χ3v) is 6.83. The number of rotatable bonds is 1. The summed E-state index contributed by atoms with van der Waals surface area (Å²) in [5.74, 6) is 3.13. The van der Waals surface area contributed by atoms with E-state index in [1.807, 2.05) is 6.20 Å². The van der Waals surface area contributed by atoms with Gasteiger partial charge in [-0.25, -0.2) is 0 Å². The molecule has 3 heteroatoms. The lowest BCUT2D eigenvalue weighted by Gasteiger charge is -2.43. The maximum Gasteiger partial charge on any atom is 0.0654 e. The van der Waals surface area contributed by atoms with Gasteiger partial charge in [0, 0.05) is 11.1 Å². The van der Waals surface area contributed by atoms with Gasteiger partial charge in [-0.3, -0.25) is 5.10 Å². The largest absolute Gasteiger partial charge is 0.378 e. The number of nitrogens with zero attached hydrogens (tertiary/aromatic N) is 1. The Hall–Kier alpha value is -2.29. The summed E-state index contributed by atoms with van der Waals surface area (Å²) < 4.78 is 0. The van der Waals surface area contributed by atoms with Crippen LogP contribution < -0.4 is 5.32 Å². The normalized spacial score (nSPS) is 33.2. The summed E-state index contributed by atoms with van der Waals surface area (Å²) in [7, 11) is 0. The standard InChI is InChI=1S/C21H21N3/c1-2-4-12(5-3-1)21-19-14-7-6-13(10-14)18(19)20-15-11-22-24-16(15)8-9-17(20)23-21/h1-5,8-9,11,13-14,18-19,21,23H,6-7,10H2,(H,22,24)/t13?,14?,18-,19+,21-/m0/s1. The van der Waals surface area contributed by atoms with Crippen LogP contribution in [-0.2, 0) is 0 Å². The van der Waals surface area contributed by atoms with Crippen LogP contribution in [0.1, 0.15) is 42.3 Å². The predicted molar refractivity (Wildman–Crippen MR) is 96.0 cm³/mol. The fourth-order valence-electron chi connectivity index (χ4n) is 6.00. The van der Waals surface area contributed by atoms with Crippen LogP contribution in [0.5, 0.6) is 0 Å². The van der Waals surface area contributed by atoms with Crippen molar-refractivity contribution < 1.29 is 0 Å². The SMILES string of the molecule is c1ccc([C@@H]2Nc3ccc4[nH]ncc4c3[C@H]3C4CCC(C4)[C@@H]23)cc1. The monoisotopic (exact) mass is 315 g/mol. The van der Waals surface area contributed by atoms with E-state index in [4.69, 9.17) is 0 Å². The van der Waals surface area contributed by atoms with Crippen LogP contribution in [0.15, 0.2) is 48.7 Å². The van der Waals surface area contributed by atoms with Gasteiger partial charge >= 0.3 is 0 Å². The topological polar surface area (TPSA) is 40.7 Å². The summed E-state index contributed by atoms with van der Waals surface area (Å²) in [6.07, 6.45) is 6.25. The van der Waals surface area contributed by atoms with Crippen LogP contribution in [0.25, 0.3) is 10.9 Å². The third kappa shape index (κ3) is 1.60. The molecule has 2 aromatic carbocycles. The van der Waals surface area contributed by atoms with Crippen molar-refractivity contribution in [1.82, 2.24) is 10.2 Å². The van der Waals surface area contributed by atoms with Crippen LogP contribution in [0.2, 0.25) is 0 Å². The van der Waals surface area contributed by atoms with Crippen molar-refractivity contribution in [1.29, 1.82) is 0 Å². The average Bonchev–Trinajstić information content (AvgIpc) is 3.37. The number of benzene rings is 2. The van der Waals surface area contributed by atoms with E-state index in [1.54, 1.807) is 0 Å².